The van der Waals surface area contributed by atoms with Crippen molar-refractivity contribution in [1.29, 1.82) is 0 Å². The number of carbonyl (C=O) groups is 2. The molecule has 4 saturated heterocycles. The summed E-state index contributed by atoms with van der Waals surface area (Å²) in [4.78, 5) is 26.0. The summed E-state index contributed by atoms with van der Waals surface area (Å²) in [6.45, 7) is 5.31. The molecule has 0 spiro atoms. The third-order valence-corrected chi connectivity index (χ3v) is 7.26. The normalized spacial score (nSPS) is 22.3. The van der Waals surface area contributed by atoms with Crippen LogP contribution in [0.4, 0.5) is 18.4 Å². The SMILES string of the molecule is C.F[C@H]1CCNC1.O=C(OCc1ccccc1)N1CC[C@@H](O)C1.O=C(OCc1ccccc1)N1CC[C@H](F)C1.O[C@@H]1CCNC1.[CH3-].[HH].[Pd]. The van der Waals surface area contributed by atoms with Crippen LogP contribution in [0.2, 0.25) is 0 Å². The second kappa shape index (κ2) is 25.4. The molecule has 47 heavy (non-hydrogen) atoms. The molecule has 6 rings (SSSR count). The van der Waals surface area contributed by atoms with Crippen LogP contribution in [0.1, 0.15) is 45.7 Å². The summed E-state index contributed by atoms with van der Waals surface area (Å²) in [6.07, 6.45) is -0.00565. The largest absolute Gasteiger partial charge is 0.445 e. The van der Waals surface area contributed by atoms with E-state index in [1.807, 2.05) is 60.7 Å². The van der Waals surface area contributed by atoms with E-state index in [0.29, 0.717) is 45.4 Å². The zero-order valence-electron chi connectivity index (χ0n) is 26.5. The van der Waals surface area contributed by atoms with E-state index in [2.05, 4.69) is 10.6 Å². The second-order valence-corrected chi connectivity index (χ2v) is 11.0. The number of benzene rings is 2. The average Bonchev–Trinajstić information content (AvgIpc) is 3.88. The van der Waals surface area contributed by atoms with Gasteiger partial charge in [0.05, 0.1) is 18.8 Å². The van der Waals surface area contributed by atoms with Crippen LogP contribution in [0.5, 0.6) is 0 Å². The van der Waals surface area contributed by atoms with Gasteiger partial charge >= 0.3 is 12.2 Å². The van der Waals surface area contributed by atoms with Crippen LogP contribution in [-0.2, 0) is 43.1 Å². The number of aliphatic hydroxyl groups excluding tert-OH is 2. The quantitative estimate of drug-likeness (QED) is 0.261. The van der Waals surface area contributed by atoms with Gasteiger partial charge < -0.3 is 47.5 Å². The summed E-state index contributed by atoms with van der Waals surface area (Å²) in [7, 11) is 0. The first-order valence-corrected chi connectivity index (χ1v) is 15.3. The fraction of sp³-hybridized carbons (Fsp3) is 0.559. The minimum absolute atomic E-state index is 0. The molecule has 0 unspecified atom stereocenters. The monoisotopic (exact) mass is 759 g/mol. The Morgan fingerprint density at radius 1 is 0.723 bits per heavy atom. The number of aliphatic hydroxyl groups is 2. The van der Waals surface area contributed by atoms with Crippen molar-refractivity contribution in [1.82, 2.24) is 20.4 Å². The number of nitrogens with one attached hydrogen (secondary N) is 2. The van der Waals surface area contributed by atoms with Gasteiger partial charge in [-0.25, -0.2) is 18.4 Å². The van der Waals surface area contributed by atoms with Gasteiger partial charge in [-0.05, 0) is 49.9 Å². The smallest absolute Gasteiger partial charge is 0.410 e. The molecule has 0 bridgehead atoms. The van der Waals surface area contributed by atoms with Crippen LogP contribution in [0, 0.1) is 7.43 Å². The van der Waals surface area contributed by atoms with E-state index < -0.39 is 24.5 Å². The predicted octanol–water partition coefficient (Wildman–Crippen LogP) is 4.75. The molecule has 2 aromatic rings. The number of hydrogen-bond donors (Lipinski definition) is 4. The van der Waals surface area contributed by atoms with Crippen LogP contribution in [0.15, 0.2) is 60.7 Å². The fourth-order valence-electron chi connectivity index (χ4n) is 4.67. The van der Waals surface area contributed by atoms with E-state index in [-0.39, 0.29) is 68.7 Å². The van der Waals surface area contributed by atoms with E-state index in [1.54, 1.807) is 0 Å². The molecule has 4 aliphatic heterocycles. The Morgan fingerprint density at radius 2 is 1.21 bits per heavy atom. The number of carbonyl (C=O) groups excluding carboxylic acids is 2. The van der Waals surface area contributed by atoms with Crippen LogP contribution < -0.4 is 10.6 Å². The van der Waals surface area contributed by atoms with Gasteiger partial charge in [-0.15, -0.1) is 0 Å². The van der Waals surface area contributed by atoms with E-state index >= 15 is 0 Å². The molecular weight excluding hydrogens is 705 g/mol. The maximum absolute atomic E-state index is 12.8. The fourth-order valence-corrected chi connectivity index (χ4v) is 4.67. The van der Waals surface area contributed by atoms with Crippen LogP contribution >= 0.6 is 0 Å². The molecule has 0 saturated carbocycles. The number of rotatable bonds is 4. The Balaban J connectivity index is 0. The molecule has 4 N–H and O–H groups in total. The Kier molecular flexibility index (Phi) is 23.9. The Morgan fingerprint density at radius 3 is 1.53 bits per heavy atom. The van der Waals surface area contributed by atoms with Gasteiger partial charge in [-0.2, -0.15) is 0 Å². The molecule has 4 fully saturated rings. The Labute approximate surface area is 294 Å². The molecule has 0 aliphatic carbocycles. The third kappa shape index (κ3) is 18.5. The molecule has 13 heteroatoms. The molecule has 2 amide bonds. The number of amides is 2. The molecule has 272 valence electrons. The number of β-amino-alcohol motifs (C(OH)–C–C–N with tert-alkyl or cyclic N) is 2. The van der Waals surface area contributed by atoms with Gasteiger partial charge in [0.25, 0.3) is 0 Å². The van der Waals surface area contributed by atoms with Crippen molar-refractivity contribution in [2.75, 3.05) is 52.4 Å². The van der Waals surface area contributed by atoms with Crippen LogP contribution in [0.25, 0.3) is 0 Å². The zero-order valence-corrected chi connectivity index (χ0v) is 28.0. The number of likely N-dealkylation sites (tertiary alicyclic amines) is 2. The van der Waals surface area contributed by atoms with Crippen LogP contribution in [0.3, 0.4) is 0 Å². The summed E-state index contributed by atoms with van der Waals surface area (Å²) in [5, 5.41) is 23.9. The van der Waals surface area contributed by atoms with E-state index in [1.165, 1.54) is 9.80 Å². The molecule has 2 aromatic carbocycles. The number of alkyl halides is 2. The Hall–Kier alpha value is -2.66. The first kappa shape index (κ1) is 44.3. The summed E-state index contributed by atoms with van der Waals surface area (Å²) in [6, 6.07) is 19.0. The summed E-state index contributed by atoms with van der Waals surface area (Å²) in [5.74, 6) is 0. The number of halogens is 2. The first-order valence-electron chi connectivity index (χ1n) is 15.3. The predicted molar refractivity (Wildman–Crippen MR) is 178 cm³/mol. The second-order valence-electron chi connectivity index (χ2n) is 11.0. The van der Waals surface area contributed by atoms with Crippen molar-refractivity contribution >= 4 is 12.2 Å². The van der Waals surface area contributed by atoms with Gasteiger partial charge in [0.2, 0.25) is 0 Å². The minimum atomic E-state index is -0.899. The standard InChI is InChI=1S/C12H14FNO2.C12H15NO3.C4H8FN.C4H9NO.CH4.CH3.Pd.H2/c13-11-6-7-14(8-11)12(15)16-9-10-4-2-1-3-5-10;14-11-6-7-13(8-11)12(15)16-9-10-4-2-1-3-5-10;5-4-1-2-6-3-4;6-4-1-2-5-3-4;;;;/h1-5,11H,6-9H2;1-5,11,14H,6-9H2;4,6H,1-3H2;4-6H,1-3H2;1H4;1H3;;1H/q;;;;;-1;;/t2*11-;2*4-;;;;/m0101..../s1. The van der Waals surface area contributed by atoms with Gasteiger partial charge in [0, 0.05) is 54.6 Å². The Bertz CT molecular complexity index is 1000. The number of ether oxygens (including phenoxy) is 2. The molecule has 4 heterocycles. The third-order valence-electron chi connectivity index (χ3n) is 7.26. The van der Waals surface area contributed by atoms with Crippen molar-refractivity contribution in [3.63, 3.8) is 0 Å². The number of nitrogens with zero attached hydrogens (tertiary/aromatic N) is 2. The first-order chi connectivity index (χ1) is 21.3. The van der Waals surface area contributed by atoms with Gasteiger partial charge in [0.15, 0.2) is 0 Å². The molecule has 4 atom stereocenters. The van der Waals surface area contributed by atoms with Crippen molar-refractivity contribution in [2.45, 2.75) is 70.9 Å². The zero-order chi connectivity index (χ0) is 31.6. The summed E-state index contributed by atoms with van der Waals surface area (Å²) >= 11 is 0. The molecule has 0 radical (unpaired) electrons. The molecule has 10 nitrogen and oxygen atoms in total. The number of hydrogen-bond acceptors (Lipinski definition) is 8. The minimum Gasteiger partial charge on any atom is -0.445 e. The van der Waals surface area contributed by atoms with E-state index in [4.69, 9.17) is 14.6 Å². The van der Waals surface area contributed by atoms with Crippen molar-refractivity contribution in [2.24, 2.45) is 0 Å². The maximum atomic E-state index is 12.8. The average molecular weight is 760 g/mol. The van der Waals surface area contributed by atoms with Gasteiger partial charge in [0.1, 0.15) is 25.6 Å². The topological polar surface area (TPSA) is 124 Å². The van der Waals surface area contributed by atoms with Crippen molar-refractivity contribution < 1.29 is 59.9 Å². The summed E-state index contributed by atoms with van der Waals surface area (Å²) < 4.78 is 34.9. The van der Waals surface area contributed by atoms with Gasteiger partial charge in [-0.1, -0.05) is 68.1 Å². The van der Waals surface area contributed by atoms with Crippen molar-refractivity contribution in [3.05, 3.63) is 79.2 Å². The molecular formula is C34H55F2N4O6Pd-. The van der Waals surface area contributed by atoms with Crippen LogP contribution in [-0.4, -0.2) is 109 Å². The molecule has 4 aliphatic rings. The maximum Gasteiger partial charge on any atom is 0.410 e. The van der Waals surface area contributed by atoms with Gasteiger partial charge in [-0.3, -0.25) is 0 Å². The summed E-state index contributed by atoms with van der Waals surface area (Å²) in [5.41, 5.74) is 1.91. The van der Waals surface area contributed by atoms with Crippen molar-refractivity contribution in [3.8, 4) is 0 Å². The van der Waals surface area contributed by atoms with E-state index in [0.717, 1.165) is 37.2 Å². The van der Waals surface area contributed by atoms with E-state index in [9.17, 15) is 23.5 Å². The molecule has 0 aromatic heterocycles.